The molecule has 0 saturated heterocycles. The second-order valence-electron chi connectivity index (χ2n) is 5.08. The van der Waals surface area contributed by atoms with Gasteiger partial charge in [-0.25, -0.2) is 0 Å². The van der Waals surface area contributed by atoms with Gasteiger partial charge in [0.05, 0.1) is 0 Å². The Morgan fingerprint density at radius 1 is 0.700 bits per heavy atom. The van der Waals surface area contributed by atoms with Crippen LogP contribution in [0.3, 0.4) is 0 Å². The summed E-state index contributed by atoms with van der Waals surface area (Å²) in [6.45, 7) is 6.12. The average molecular weight is 290 g/mol. The van der Waals surface area contributed by atoms with E-state index in [1.54, 1.807) is 0 Å². The monoisotopic (exact) mass is 290 g/mol. The fraction of sp³-hybridized carbons (Fsp3) is 0.722. The van der Waals surface area contributed by atoms with Gasteiger partial charge in [-0.15, -0.1) is 0 Å². The summed E-state index contributed by atoms with van der Waals surface area (Å²) >= 11 is 0. The first kappa shape index (κ1) is 25.4. The third kappa shape index (κ3) is 23.5. The summed E-state index contributed by atoms with van der Waals surface area (Å²) in [4.78, 5) is 0. The van der Waals surface area contributed by atoms with Crippen LogP contribution in [-0.4, -0.2) is 5.48 Å². The molecule has 0 unspecified atom stereocenters. The van der Waals surface area contributed by atoms with Crippen LogP contribution in [0.4, 0.5) is 0 Å². The van der Waals surface area contributed by atoms with Gasteiger partial charge >= 0.3 is 29.6 Å². The maximum Gasteiger partial charge on any atom is 1.00 e. The van der Waals surface area contributed by atoms with Gasteiger partial charge in [0.15, 0.2) is 0 Å². The molecule has 0 aliphatic carbocycles. The maximum absolute atomic E-state index is 3.87. The summed E-state index contributed by atoms with van der Waals surface area (Å²) in [7, 11) is 0. The molecular formula is C18H35NaO. The zero-order chi connectivity index (χ0) is 13.3. The van der Waals surface area contributed by atoms with Crippen LogP contribution in [0.15, 0.2) is 24.3 Å². The quantitative estimate of drug-likeness (QED) is 0.216. The third-order valence-electron chi connectivity index (χ3n) is 3.20. The van der Waals surface area contributed by atoms with Gasteiger partial charge in [0, 0.05) is 0 Å². The Hall–Kier alpha value is 0.440. The Morgan fingerprint density at radius 2 is 1.20 bits per heavy atom. The van der Waals surface area contributed by atoms with Crippen molar-refractivity contribution in [3.05, 3.63) is 31.2 Å². The maximum atomic E-state index is 3.87. The molecule has 0 spiro atoms. The van der Waals surface area contributed by atoms with E-state index in [4.69, 9.17) is 0 Å². The van der Waals surface area contributed by atoms with Crippen molar-refractivity contribution < 1.29 is 35.0 Å². The number of hydrogen-bond acceptors (Lipinski definition) is 0. The molecule has 114 valence electrons. The van der Waals surface area contributed by atoms with Crippen LogP contribution < -0.4 is 29.6 Å². The SMILES string of the molecule is O.[CH2-]CCCCCCC/C=C\C/C=C\CCCCC.[Na+]. The molecule has 0 bridgehead atoms. The van der Waals surface area contributed by atoms with Crippen LogP contribution in [0, 0.1) is 6.92 Å². The number of hydrogen-bond donors (Lipinski definition) is 0. The molecule has 0 aliphatic rings. The molecule has 1 nitrogen and oxygen atoms in total. The summed E-state index contributed by atoms with van der Waals surface area (Å²) in [5, 5.41) is 0. The summed E-state index contributed by atoms with van der Waals surface area (Å²) < 4.78 is 0. The minimum Gasteiger partial charge on any atom is -0.412 e. The van der Waals surface area contributed by atoms with Crippen LogP contribution in [0.5, 0.6) is 0 Å². The Kier molecular flexibility index (Phi) is 31.1. The van der Waals surface area contributed by atoms with Gasteiger partial charge in [-0.2, -0.15) is 6.42 Å². The Labute approximate surface area is 149 Å². The Balaban J connectivity index is -0.00000144. The molecule has 0 amide bonds. The van der Waals surface area contributed by atoms with E-state index in [0.29, 0.717) is 0 Å². The number of allylic oxidation sites excluding steroid dienone is 4. The molecule has 0 saturated carbocycles. The molecule has 2 heteroatoms. The van der Waals surface area contributed by atoms with Crippen LogP contribution in [0.25, 0.3) is 0 Å². The summed E-state index contributed by atoms with van der Waals surface area (Å²) in [6, 6.07) is 0. The van der Waals surface area contributed by atoms with E-state index in [-0.39, 0.29) is 35.0 Å². The van der Waals surface area contributed by atoms with Gasteiger partial charge in [0.1, 0.15) is 0 Å². The molecule has 0 heterocycles. The molecule has 0 fully saturated rings. The molecule has 0 radical (unpaired) electrons. The van der Waals surface area contributed by atoms with E-state index in [0.717, 1.165) is 12.8 Å². The molecule has 20 heavy (non-hydrogen) atoms. The first-order valence-electron chi connectivity index (χ1n) is 8.01. The molecular weight excluding hydrogens is 255 g/mol. The molecule has 0 aliphatic heterocycles. The van der Waals surface area contributed by atoms with Crippen molar-refractivity contribution in [3.63, 3.8) is 0 Å². The normalized spacial score (nSPS) is 10.7. The largest absolute Gasteiger partial charge is 1.00 e. The number of rotatable bonds is 13. The van der Waals surface area contributed by atoms with Crippen molar-refractivity contribution in [2.24, 2.45) is 0 Å². The number of unbranched alkanes of at least 4 members (excludes halogenated alkanes) is 9. The van der Waals surface area contributed by atoms with E-state index in [9.17, 15) is 0 Å². The van der Waals surface area contributed by atoms with Crippen molar-refractivity contribution in [2.45, 2.75) is 84.0 Å². The predicted molar refractivity (Wildman–Crippen MR) is 88.3 cm³/mol. The van der Waals surface area contributed by atoms with Crippen molar-refractivity contribution in [1.29, 1.82) is 0 Å². The molecule has 0 aromatic heterocycles. The van der Waals surface area contributed by atoms with E-state index < -0.39 is 0 Å². The van der Waals surface area contributed by atoms with E-state index in [1.165, 1.54) is 64.2 Å². The average Bonchev–Trinajstić information content (AvgIpc) is 2.39. The second-order valence-corrected chi connectivity index (χ2v) is 5.08. The van der Waals surface area contributed by atoms with Crippen LogP contribution in [-0.2, 0) is 0 Å². The van der Waals surface area contributed by atoms with Crippen LogP contribution in [0.1, 0.15) is 84.0 Å². The first-order chi connectivity index (χ1) is 8.91. The van der Waals surface area contributed by atoms with E-state index >= 15 is 0 Å². The topological polar surface area (TPSA) is 31.5 Å². The van der Waals surface area contributed by atoms with E-state index in [1.807, 2.05) is 0 Å². The van der Waals surface area contributed by atoms with Crippen molar-refractivity contribution in [1.82, 2.24) is 0 Å². The zero-order valence-corrected chi connectivity index (χ0v) is 16.0. The minimum absolute atomic E-state index is 0. The Morgan fingerprint density at radius 3 is 1.75 bits per heavy atom. The third-order valence-corrected chi connectivity index (χ3v) is 3.20. The van der Waals surface area contributed by atoms with Crippen LogP contribution >= 0.6 is 0 Å². The zero-order valence-electron chi connectivity index (χ0n) is 14.0. The standard InChI is InChI=1S/C18H33.Na.H2O/c1-3-5-7-9-11-13-15-17-18-16-14-12-10-8-6-4-2;;/h12,14,17-18H,1,3-11,13,15-16H2,2H3;;1H2/q-1;+1;/b14-12-,18-17-;;. The van der Waals surface area contributed by atoms with Gasteiger partial charge < -0.3 is 12.4 Å². The minimum atomic E-state index is 0. The van der Waals surface area contributed by atoms with Crippen molar-refractivity contribution in [3.8, 4) is 0 Å². The fourth-order valence-electron chi connectivity index (χ4n) is 1.99. The van der Waals surface area contributed by atoms with Gasteiger partial charge in [-0.3, -0.25) is 0 Å². The van der Waals surface area contributed by atoms with Gasteiger partial charge in [-0.05, 0) is 32.1 Å². The van der Waals surface area contributed by atoms with Gasteiger partial charge in [0.2, 0.25) is 0 Å². The first-order valence-corrected chi connectivity index (χ1v) is 8.01. The van der Waals surface area contributed by atoms with Crippen molar-refractivity contribution >= 4 is 0 Å². The van der Waals surface area contributed by atoms with E-state index in [2.05, 4.69) is 38.2 Å². The van der Waals surface area contributed by atoms with Crippen LogP contribution in [0.2, 0.25) is 0 Å². The summed E-state index contributed by atoms with van der Waals surface area (Å²) in [5.74, 6) is 0. The van der Waals surface area contributed by atoms with Gasteiger partial charge in [-0.1, -0.05) is 69.8 Å². The molecule has 2 N–H and O–H groups in total. The summed E-state index contributed by atoms with van der Waals surface area (Å²) in [5.41, 5.74) is 0. The molecule has 0 atom stereocenters. The fourth-order valence-corrected chi connectivity index (χ4v) is 1.99. The molecule has 0 rings (SSSR count). The van der Waals surface area contributed by atoms with Crippen molar-refractivity contribution in [2.75, 3.05) is 0 Å². The Bertz CT molecular complexity index is 200. The molecule has 0 aromatic rings. The predicted octanol–water partition coefficient (Wildman–Crippen LogP) is 2.81. The summed E-state index contributed by atoms with van der Waals surface area (Å²) in [6.07, 6.45) is 24.9. The smallest absolute Gasteiger partial charge is 0.412 e. The van der Waals surface area contributed by atoms with Gasteiger partial charge in [0.25, 0.3) is 0 Å². The molecule has 0 aromatic carbocycles. The second kappa shape index (κ2) is 24.5.